The fraction of sp³-hybridized carbons (Fsp3) is 0.762. The second-order valence-electron chi connectivity index (χ2n) is 7.92. The van der Waals surface area contributed by atoms with E-state index < -0.39 is 0 Å². The van der Waals surface area contributed by atoms with Crippen LogP contribution in [0.1, 0.15) is 53.7 Å². The third-order valence-electron chi connectivity index (χ3n) is 5.60. The number of hydrogen-bond donors (Lipinski definition) is 0. The van der Waals surface area contributed by atoms with Gasteiger partial charge in [0.25, 0.3) is 5.91 Å². The summed E-state index contributed by atoms with van der Waals surface area (Å²) in [6.45, 7) is 13.8. The van der Waals surface area contributed by atoms with Crippen molar-refractivity contribution < 1.29 is 14.3 Å². The van der Waals surface area contributed by atoms with Gasteiger partial charge in [-0.3, -0.25) is 9.69 Å². The molecule has 1 amide bonds. The van der Waals surface area contributed by atoms with Gasteiger partial charge in [0.1, 0.15) is 0 Å². The number of likely N-dealkylation sites (tertiary alicyclic amines) is 1. The number of carbonyl (C=O) groups is 1. The highest BCUT2D eigenvalue weighted by Crippen LogP contribution is 2.25. The summed E-state index contributed by atoms with van der Waals surface area (Å²) in [5, 5.41) is 0. The number of ether oxygens (including phenoxy) is 2. The minimum absolute atomic E-state index is 0.192. The Kier molecular flexibility index (Phi) is 7.31. The van der Waals surface area contributed by atoms with E-state index >= 15 is 0 Å². The fourth-order valence-corrected chi connectivity index (χ4v) is 5.25. The summed E-state index contributed by atoms with van der Waals surface area (Å²) < 4.78 is 11.9. The van der Waals surface area contributed by atoms with Crippen LogP contribution in [-0.4, -0.2) is 73.3 Å². The first-order chi connectivity index (χ1) is 13.0. The minimum atomic E-state index is 0.192. The monoisotopic (exact) mass is 394 g/mol. The molecule has 3 heterocycles. The number of piperidine rings is 1. The Balaban J connectivity index is 1.39. The third-order valence-corrected chi connectivity index (χ3v) is 6.68. The van der Waals surface area contributed by atoms with Crippen molar-refractivity contribution in [2.24, 2.45) is 0 Å². The van der Waals surface area contributed by atoms with Gasteiger partial charge in [0.2, 0.25) is 0 Å². The van der Waals surface area contributed by atoms with Gasteiger partial charge < -0.3 is 14.4 Å². The zero-order valence-electron chi connectivity index (χ0n) is 17.2. The van der Waals surface area contributed by atoms with Crippen molar-refractivity contribution in [2.75, 3.05) is 39.3 Å². The Morgan fingerprint density at radius 2 is 1.93 bits per heavy atom. The van der Waals surface area contributed by atoms with Crippen molar-refractivity contribution in [3.05, 3.63) is 21.4 Å². The van der Waals surface area contributed by atoms with Crippen molar-refractivity contribution in [3.63, 3.8) is 0 Å². The molecule has 2 saturated heterocycles. The Morgan fingerprint density at radius 3 is 2.52 bits per heavy atom. The van der Waals surface area contributed by atoms with E-state index in [1.807, 2.05) is 4.90 Å². The van der Waals surface area contributed by atoms with Gasteiger partial charge in [-0.1, -0.05) is 6.92 Å². The zero-order chi connectivity index (χ0) is 19.4. The first kappa shape index (κ1) is 20.8. The molecule has 5 nitrogen and oxygen atoms in total. The summed E-state index contributed by atoms with van der Waals surface area (Å²) in [4.78, 5) is 19.3. The minimum Gasteiger partial charge on any atom is -0.377 e. The molecule has 2 aliphatic heterocycles. The molecule has 0 N–H and O–H groups in total. The van der Waals surface area contributed by atoms with E-state index in [-0.39, 0.29) is 12.0 Å². The molecule has 0 unspecified atom stereocenters. The van der Waals surface area contributed by atoms with E-state index in [0.29, 0.717) is 12.2 Å². The van der Waals surface area contributed by atoms with Crippen LogP contribution in [0.3, 0.4) is 0 Å². The van der Waals surface area contributed by atoms with E-state index in [4.69, 9.17) is 9.47 Å². The average Bonchev–Trinajstić information content (AvgIpc) is 3.02. The second-order valence-corrected chi connectivity index (χ2v) is 9.18. The molecule has 2 aliphatic rings. The molecule has 2 atom stereocenters. The number of aryl methyl sites for hydroxylation is 2. The summed E-state index contributed by atoms with van der Waals surface area (Å²) >= 11 is 1.63. The van der Waals surface area contributed by atoms with Crippen LogP contribution in [0.25, 0.3) is 0 Å². The highest BCUT2D eigenvalue weighted by Gasteiger charge is 2.26. The standard InChI is InChI=1S/C21H34N2O3S/c1-5-18-12-20(27-17(18)4)21(24)23-8-6-19(7-9-23)25-11-10-22-13-15(2)26-16(3)14-22/h12,15-16,19H,5-11,13-14H2,1-4H3/t15-,16-/m1/s1. The molecule has 1 aromatic rings. The molecule has 0 saturated carbocycles. The quantitative estimate of drug-likeness (QED) is 0.742. The van der Waals surface area contributed by atoms with Crippen LogP contribution < -0.4 is 0 Å². The molecule has 0 bridgehead atoms. The maximum Gasteiger partial charge on any atom is 0.263 e. The lowest BCUT2D eigenvalue weighted by Gasteiger charge is -2.36. The molecule has 6 heteroatoms. The molecule has 0 aromatic carbocycles. The van der Waals surface area contributed by atoms with Crippen LogP contribution in [0.5, 0.6) is 0 Å². The number of amides is 1. The zero-order valence-corrected chi connectivity index (χ0v) is 18.0. The number of morpholine rings is 1. The van der Waals surface area contributed by atoms with E-state index in [1.54, 1.807) is 11.3 Å². The smallest absolute Gasteiger partial charge is 0.263 e. The van der Waals surface area contributed by atoms with Crippen molar-refractivity contribution in [2.45, 2.75) is 65.3 Å². The summed E-state index contributed by atoms with van der Waals surface area (Å²) in [6, 6.07) is 2.08. The lowest BCUT2D eigenvalue weighted by atomic mass is 10.1. The highest BCUT2D eigenvalue weighted by molar-refractivity contribution is 7.14. The van der Waals surface area contributed by atoms with Crippen molar-refractivity contribution in [1.82, 2.24) is 9.80 Å². The maximum atomic E-state index is 12.7. The van der Waals surface area contributed by atoms with Gasteiger partial charge in [0.15, 0.2) is 0 Å². The summed E-state index contributed by atoms with van der Waals surface area (Å²) in [5.41, 5.74) is 1.30. The summed E-state index contributed by atoms with van der Waals surface area (Å²) in [5.74, 6) is 0.192. The number of rotatable bonds is 6. The fourth-order valence-electron chi connectivity index (χ4n) is 4.17. The number of carbonyl (C=O) groups excluding carboxylic acids is 1. The summed E-state index contributed by atoms with van der Waals surface area (Å²) in [6.07, 6.45) is 3.75. The van der Waals surface area contributed by atoms with Gasteiger partial charge in [-0.05, 0) is 51.7 Å². The van der Waals surface area contributed by atoms with Crippen LogP contribution in [0.4, 0.5) is 0 Å². The van der Waals surface area contributed by atoms with Crippen molar-refractivity contribution in [1.29, 1.82) is 0 Å². The SMILES string of the molecule is CCc1cc(C(=O)N2CCC(OCCN3C[C@@H](C)O[C@H](C)C3)CC2)sc1C. The van der Waals surface area contributed by atoms with Gasteiger partial charge in [0, 0.05) is 37.6 Å². The Labute approximate surface area is 167 Å². The lowest BCUT2D eigenvalue weighted by molar-refractivity contribution is -0.0780. The van der Waals surface area contributed by atoms with Gasteiger partial charge >= 0.3 is 0 Å². The normalized spacial score (nSPS) is 25.1. The molecule has 27 heavy (non-hydrogen) atoms. The van der Waals surface area contributed by atoms with Crippen LogP contribution in [0.2, 0.25) is 0 Å². The number of hydrogen-bond acceptors (Lipinski definition) is 5. The highest BCUT2D eigenvalue weighted by atomic mass is 32.1. The van der Waals surface area contributed by atoms with Crippen molar-refractivity contribution in [3.8, 4) is 0 Å². The molecular formula is C21H34N2O3S. The van der Waals surface area contributed by atoms with Crippen LogP contribution >= 0.6 is 11.3 Å². The van der Waals surface area contributed by atoms with Gasteiger partial charge in [-0.2, -0.15) is 0 Å². The Bertz CT molecular complexity index is 615. The Morgan fingerprint density at radius 1 is 1.26 bits per heavy atom. The summed E-state index contributed by atoms with van der Waals surface area (Å²) in [7, 11) is 0. The average molecular weight is 395 g/mol. The lowest BCUT2D eigenvalue weighted by Crippen LogP contribution is -2.47. The third kappa shape index (κ3) is 5.53. The first-order valence-electron chi connectivity index (χ1n) is 10.3. The van der Waals surface area contributed by atoms with Gasteiger partial charge in [0.05, 0.1) is 29.8 Å². The van der Waals surface area contributed by atoms with Crippen molar-refractivity contribution >= 4 is 17.2 Å². The van der Waals surface area contributed by atoms with E-state index in [2.05, 4.69) is 38.7 Å². The van der Waals surface area contributed by atoms with Crippen LogP contribution in [-0.2, 0) is 15.9 Å². The first-order valence-corrected chi connectivity index (χ1v) is 11.2. The molecular weight excluding hydrogens is 360 g/mol. The van der Waals surface area contributed by atoms with E-state index in [0.717, 1.165) is 63.5 Å². The molecule has 0 aliphatic carbocycles. The second kappa shape index (κ2) is 9.50. The predicted octanol–water partition coefficient (Wildman–Crippen LogP) is 3.35. The molecule has 152 valence electrons. The molecule has 3 rings (SSSR count). The van der Waals surface area contributed by atoms with E-state index in [9.17, 15) is 4.79 Å². The molecule has 1 aromatic heterocycles. The number of thiophene rings is 1. The molecule has 2 fully saturated rings. The Hall–Kier alpha value is -0.950. The molecule has 0 radical (unpaired) electrons. The van der Waals surface area contributed by atoms with Crippen LogP contribution in [0.15, 0.2) is 6.07 Å². The van der Waals surface area contributed by atoms with Gasteiger partial charge in [-0.15, -0.1) is 11.3 Å². The predicted molar refractivity (Wildman–Crippen MR) is 110 cm³/mol. The van der Waals surface area contributed by atoms with E-state index in [1.165, 1.54) is 10.4 Å². The molecule has 0 spiro atoms. The van der Waals surface area contributed by atoms with Crippen LogP contribution in [0, 0.1) is 6.92 Å². The topological polar surface area (TPSA) is 42.0 Å². The number of nitrogens with zero attached hydrogens (tertiary/aromatic N) is 2. The maximum absolute atomic E-state index is 12.7. The van der Waals surface area contributed by atoms with Gasteiger partial charge in [-0.25, -0.2) is 0 Å². The largest absolute Gasteiger partial charge is 0.377 e.